The average Bonchev–Trinajstić information content (AvgIpc) is 3.28. The number of nitrogens with zero attached hydrogens (tertiary/aromatic N) is 3. The average molecular weight is 333 g/mol. The molecule has 2 aromatic rings. The van der Waals surface area contributed by atoms with Gasteiger partial charge in [-0.15, -0.1) is 0 Å². The normalized spacial score (nSPS) is 18.3. The van der Waals surface area contributed by atoms with Gasteiger partial charge in [0.05, 0.1) is 24.4 Å². The van der Waals surface area contributed by atoms with Gasteiger partial charge in [0, 0.05) is 48.2 Å². The van der Waals surface area contributed by atoms with Crippen LogP contribution in [0.1, 0.15) is 31.2 Å². The molecule has 0 bridgehead atoms. The number of halogens is 1. The molecule has 1 N–H and O–H groups in total. The molecule has 0 aromatic carbocycles. The number of hydrogen-bond acceptors (Lipinski definition) is 4. The van der Waals surface area contributed by atoms with Crippen LogP contribution in [0.25, 0.3) is 11.1 Å². The van der Waals surface area contributed by atoms with Gasteiger partial charge in [0.2, 0.25) is 0 Å². The van der Waals surface area contributed by atoms with E-state index in [1.54, 1.807) is 7.11 Å². The molecule has 2 aromatic heterocycles. The Bertz CT molecular complexity index is 721. The van der Waals surface area contributed by atoms with Crippen molar-refractivity contribution in [2.45, 2.75) is 37.6 Å². The van der Waals surface area contributed by atoms with Crippen molar-refractivity contribution in [3.63, 3.8) is 0 Å². The summed E-state index contributed by atoms with van der Waals surface area (Å²) in [5, 5.41) is 8.68. The maximum atomic E-state index is 6.83. The molecule has 3 heterocycles. The largest absolute Gasteiger partial charge is 0.383 e. The number of rotatable bonds is 4. The Morgan fingerprint density at radius 1 is 1.35 bits per heavy atom. The Morgan fingerprint density at radius 2 is 2.17 bits per heavy atom. The van der Waals surface area contributed by atoms with Gasteiger partial charge >= 0.3 is 0 Å². The third kappa shape index (κ3) is 2.42. The van der Waals surface area contributed by atoms with E-state index in [1.165, 1.54) is 31.2 Å². The van der Waals surface area contributed by atoms with Gasteiger partial charge in [0.15, 0.2) is 0 Å². The second kappa shape index (κ2) is 5.80. The molecule has 0 radical (unpaired) electrons. The molecule has 23 heavy (non-hydrogen) atoms. The third-order valence-electron chi connectivity index (χ3n) is 5.17. The number of pyridine rings is 1. The molecule has 0 atom stereocenters. The summed E-state index contributed by atoms with van der Waals surface area (Å²) >= 11 is 6.83. The van der Waals surface area contributed by atoms with Gasteiger partial charge < -0.3 is 10.1 Å². The second-order valence-electron chi connectivity index (χ2n) is 6.54. The molecule has 1 aliphatic carbocycles. The van der Waals surface area contributed by atoms with E-state index in [9.17, 15) is 0 Å². The van der Waals surface area contributed by atoms with E-state index in [1.807, 2.05) is 23.3 Å². The van der Waals surface area contributed by atoms with Crippen molar-refractivity contribution >= 4 is 17.4 Å². The summed E-state index contributed by atoms with van der Waals surface area (Å²) in [6.45, 7) is 2.34. The maximum absolute atomic E-state index is 6.83. The summed E-state index contributed by atoms with van der Waals surface area (Å²) in [6, 6.07) is 0. The van der Waals surface area contributed by atoms with Crippen LogP contribution in [0.4, 0.5) is 5.82 Å². The van der Waals surface area contributed by atoms with Crippen LogP contribution >= 0.6 is 11.6 Å². The van der Waals surface area contributed by atoms with Gasteiger partial charge in [-0.05, 0) is 12.8 Å². The summed E-state index contributed by atoms with van der Waals surface area (Å²) in [5.41, 5.74) is 3.39. The highest BCUT2D eigenvalue weighted by atomic mass is 35.5. The lowest BCUT2D eigenvalue weighted by molar-refractivity contribution is 0.183. The van der Waals surface area contributed by atoms with Gasteiger partial charge in [0.1, 0.15) is 5.82 Å². The zero-order valence-corrected chi connectivity index (χ0v) is 14.1. The minimum atomic E-state index is 0.182. The van der Waals surface area contributed by atoms with Crippen LogP contribution in [0.3, 0.4) is 0 Å². The van der Waals surface area contributed by atoms with Gasteiger partial charge in [-0.2, -0.15) is 5.10 Å². The first kappa shape index (κ1) is 15.0. The highest BCUT2D eigenvalue weighted by Crippen LogP contribution is 2.51. The Kier molecular flexibility index (Phi) is 3.77. The van der Waals surface area contributed by atoms with E-state index in [4.69, 9.17) is 16.3 Å². The molecule has 5 nitrogen and oxygen atoms in total. The Labute approximate surface area is 141 Å². The molecule has 0 unspecified atom stereocenters. The van der Waals surface area contributed by atoms with Crippen LogP contribution in [0.5, 0.6) is 0 Å². The first-order chi connectivity index (χ1) is 11.2. The molecule has 4 rings (SSSR count). The van der Waals surface area contributed by atoms with E-state index < -0.39 is 0 Å². The van der Waals surface area contributed by atoms with E-state index in [0.29, 0.717) is 6.61 Å². The number of fused-ring (bicyclic) bond motifs is 2. The fourth-order valence-corrected chi connectivity index (χ4v) is 4.39. The summed E-state index contributed by atoms with van der Waals surface area (Å²) < 4.78 is 6.98. The highest BCUT2D eigenvalue weighted by Gasteiger charge is 2.44. The van der Waals surface area contributed by atoms with Gasteiger partial charge in [-0.25, -0.2) is 4.98 Å². The smallest absolute Gasteiger partial charge is 0.131 e. The van der Waals surface area contributed by atoms with E-state index in [-0.39, 0.29) is 5.41 Å². The molecule has 1 aliphatic heterocycles. The molecule has 122 valence electrons. The molecule has 0 saturated heterocycles. The molecular weight excluding hydrogens is 312 g/mol. The van der Waals surface area contributed by atoms with Crippen LogP contribution < -0.4 is 5.32 Å². The van der Waals surface area contributed by atoms with E-state index in [2.05, 4.69) is 15.4 Å². The van der Waals surface area contributed by atoms with Gasteiger partial charge in [-0.1, -0.05) is 24.4 Å². The van der Waals surface area contributed by atoms with Crippen molar-refractivity contribution in [1.29, 1.82) is 0 Å². The quantitative estimate of drug-likeness (QED) is 0.931. The zero-order chi connectivity index (χ0) is 15.9. The van der Waals surface area contributed by atoms with E-state index in [0.717, 1.165) is 35.1 Å². The molecule has 2 aliphatic rings. The Morgan fingerprint density at radius 3 is 2.96 bits per heavy atom. The molecule has 6 heteroatoms. The summed E-state index contributed by atoms with van der Waals surface area (Å²) in [5.74, 6) is 0.965. The molecule has 0 amide bonds. The van der Waals surface area contributed by atoms with Crippen LogP contribution in [0, 0.1) is 0 Å². The molecule has 1 saturated carbocycles. The van der Waals surface area contributed by atoms with Crippen LogP contribution in [-0.2, 0) is 16.7 Å². The predicted octanol–water partition coefficient (Wildman–Crippen LogP) is 3.48. The van der Waals surface area contributed by atoms with Crippen LogP contribution in [-0.4, -0.2) is 35.0 Å². The van der Waals surface area contributed by atoms with Crippen molar-refractivity contribution in [3.8, 4) is 11.1 Å². The SMILES string of the molecule is COCCn1cc(-c2cnc3c(c2Cl)C2(CCCC2)CN3)cn1. The maximum Gasteiger partial charge on any atom is 0.131 e. The van der Waals surface area contributed by atoms with Crippen molar-refractivity contribution in [2.24, 2.45) is 0 Å². The first-order valence-electron chi connectivity index (χ1n) is 8.18. The number of aromatic nitrogens is 3. The van der Waals surface area contributed by atoms with Crippen molar-refractivity contribution < 1.29 is 4.74 Å². The minimum Gasteiger partial charge on any atom is -0.383 e. The first-order valence-corrected chi connectivity index (χ1v) is 8.56. The van der Waals surface area contributed by atoms with Crippen molar-refractivity contribution in [3.05, 3.63) is 29.2 Å². The summed E-state index contributed by atoms with van der Waals surface area (Å²) in [6.07, 6.45) is 10.7. The lowest BCUT2D eigenvalue weighted by Gasteiger charge is -2.24. The van der Waals surface area contributed by atoms with Gasteiger partial charge in [-0.3, -0.25) is 4.68 Å². The lowest BCUT2D eigenvalue weighted by Crippen LogP contribution is -2.24. The third-order valence-corrected chi connectivity index (χ3v) is 5.56. The monoisotopic (exact) mass is 332 g/mol. The summed E-state index contributed by atoms with van der Waals surface area (Å²) in [4.78, 5) is 4.63. The fraction of sp³-hybridized carbons (Fsp3) is 0.529. The highest BCUT2D eigenvalue weighted by molar-refractivity contribution is 6.34. The number of nitrogens with one attached hydrogen (secondary N) is 1. The second-order valence-corrected chi connectivity index (χ2v) is 6.91. The van der Waals surface area contributed by atoms with Crippen molar-refractivity contribution in [2.75, 3.05) is 25.6 Å². The molecular formula is C17H21ClN4O. The van der Waals surface area contributed by atoms with E-state index >= 15 is 0 Å². The predicted molar refractivity (Wildman–Crippen MR) is 91.0 cm³/mol. The number of anilines is 1. The molecule has 1 spiro atoms. The topological polar surface area (TPSA) is 52.0 Å². The Balaban J connectivity index is 1.72. The number of ether oxygens (including phenoxy) is 1. The lowest BCUT2D eigenvalue weighted by atomic mass is 9.81. The van der Waals surface area contributed by atoms with Crippen LogP contribution in [0.2, 0.25) is 5.02 Å². The van der Waals surface area contributed by atoms with Gasteiger partial charge in [0.25, 0.3) is 0 Å². The number of hydrogen-bond donors (Lipinski definition) is 1. The van der Waals surface area contributed by atoms with Crippen LogP contribution in [0.15, 0.2) is 18.6 Å². The fourth-order valence-electron chi connectivity index (χ4n) is 3.94. The standard InChI is InChI=1S/C17H21ClN4O/c1-23-7-6-22-10-12(8-21-22)13-9-19-16-14(15(13)18)17(11-20-16)4-2-3-5-17/h8-10H,2-7,11H2,1H3,(H,19,20). The zero-order valence-electron chi connectivity index (χ0n) is 13.3. The minimum absolute atomic E-state index is 0.182. The number of methoxy groups -OCH3 is 1. The van der Waals surface area contributed by atoms with Crippen molar-refractivity contribution in [1.82, 2.24) is 14.8 Å². The molecule has 1 fully saturated rings. The Hall–Kier alpha value is -1.59. The summed E-state index contributed by atoms with van der Waals surface area (Å²) in [7, 11) is 1.69.